The molecule has 0 bridgehead atoms. The van der Waals surface area contributed by atoms with E-state index in [0.717, 1.165) is 0 Å². The van der Waals surface area contributed by atoms with Crippen LogP contribution in [0.3, 0.4) is 0 Å². The van der Waals surface area contributed by atoms with Crippen molar-refractivity contribution >= 4 is 0 Å². The first-order chi connectivity index (χ1) is 3.80. The summed E-state index contributed by atoms with van der Waals surface area (Å²) in [5, 5.41) is 0. The van der Waals surface area contributed by atoms with Crippen LogP contribution >= 0.6 is 0 Å². The molecule has 1 saturated carbocycles. The van der Waals surface area contributed by atoms with Crippen LogP contribution in [0.1, 0.15) is 39.5 Å². The summed E-state index contributed by atoms with van der Waals surface area (Å²) < 4.78 is 0. The van der Waals surface area contributed by atoms with Gasteiger partial charge in [0.05, 0.1) is 0 Å². The van der Waals surface area contributed by atoms with Gasteiger partial charge in [0.1, 0.15) is 0 Å². The molecule has 1 aliphatic rings. The zero-order valence-corrected chi connectivity index (χ0v) is 5.83. The molecule has 8 heavy (non-hydrogen) atoms. The van der Waals surface area contributed by atoms with E-state index in [9.17, 15) is 0 Å². The summed E-state index contributed by atoms with van der Waals surface area (Å²) in [6.07, 6.45) is 5.62. The Morgan fingerprint density at radius 1 is 1.12 bits per heavy atom. The maximum absolute atomic E-state index is 2.22. The Balaban J connectivity index is 2.58. The number of rotatable bonds is 0. The van der Waals surface area contributed by atoms with Crippen molar-refractivity contribution in [2.75, 3.05) is 0 Å². The van der Waals surface area contributed by atoms with Gasteiger partial charge in [-0.25, -0.2) is 0 Å². The minimum Gasteiger partial charge on any atom is -0.0772 e. The van der Waals surface area contributed by atoms with Crippen molar-refractivity contribution in [3.63, 3.8) is 0 Å². The van der Waals surface area contributed by atoms with Crippen molar-refractivity contribution in [3.8, 4) is 0 Å². The van der Waals surface area contributed by atoms with Crippen LogP contribution in [-0.2, 0) is 0 Å². The SMILES string of the molecule is CC(C)=C1CCCC1. The lowest BCUT2D eigenvalue weighted by Crippen LogP contribution is -1.74. The molecule has 0 aliphatic heterocycles. The largest absolute Gasteiger partial charge is 0.0772 e. The molecule has 0 aromatic heterocycles. The van der Waals surface area contributed by atoms with Gasteiger partial charge in [-0.3, -0.25) is 0 Å². The lowest BCUT2D eigenvalue weighted by molar-refractivity contribution is 0.886. The van der Waals surface area contributed by atoms with Crippen LogP contribution in [0.4, 0.5) is 0 Å². The van der Waals surface area contributed by atoms with Crippen molar-refractivity contribution in [3.05, 3.63) is 11.1 Å². The second-order valence-electron chi connectivity index (χ2n) is 2.81. The molecule has 0 heteroatoms. The molecule has 1 fully saturated rings. The van der Waals surface area contributed by atoms with Gasteiger partial charge >= 0.3 is 0 Å². The third kappa shape index (κ3) is 1.12. The molecule has 0 heterocycles. The first kappa shape index (κ1) is 5.87. The molecule has 0 amide bonds. The highest BCUT2D eigenvalue weighted by atomic mass is 14.1. The van der Waals surface area contributed by atoms with Gasteiger partial charge in [-0.05, 0) is 39.5 Å². The molecular formula is C8H14. The van der Waals surface area contributed by atoms with Crippen LogP contribution in [0.15, 0.2) is 11.1 Å². The minimum absolute atomic E-state index is 1.38. The van der Waals surface area contributed by atoms with Gasteiger partial charge in [-0.15, -0.1) is 0 Å². The van der Waals surface area contributed by atoms with Crippen LogP contribution < -0.4 is 0 Å². The zero-order chi connectivity index (χ0) is 5.98. The normalized spacial score (nSPS) is 19.5. The Labute approximate surface area is 51.6 Å². The average Bonchev–Trinajstić information content (AvgIpc) is 2.12. The van der Waals surface area contributed by atoms with Crippen LogP contribution in [0, 0.1) is 0 Å². The second-order valence-corrected chi connectivity index (χ2v) is 2.81. The van der Waals surface area contributed by atoms with E-state index in [4.69, 9.17) is 0 Å². The van der Waals surface area contributed by atoms with E-state index >= 15 is 0 Å². The van der Waals surface area contributed by atoms with Gasteiger partial charge in [0.25, 0.3) is 0 Å². The summed E-state index contributed by atoms with van der Waals surface area (Å²) in [4.78, 5) is 0. The highest BCUT2D eigenvalue weighted by Crippen LogP contribution is 2.26. The molecule has 0 nitrogen and oxygen atoms in total. The molecule has 46 valence electrons. The van der Waals surface area contributed by atoms with Crippen molar-refractivity contribution in [2.45, 2.75) is 39.5 Å². The predicted octanol–water partition coefficient (Wildman–Crippen LogP) is 2.90. The third-order valence-corrected chi connectivity index (χ3v) is 1.91. The highest BCUT2D eigenvalue weighted by molar-refractivity contribution is 5.12. The van der Waals surface area contributed by atoms with Crippen LogP contribution in [0.2, 0.25) is 0 Å². The van der Waals surface area contributed by atoms with Gasteiger partial charge in [0.15, 0.2) is 0 Å². The maximum Gasteiger partial charge on any atom is -0.0318 e. The van der Waals surface area contributed by atoms with E-state index in [1.165, 1.54) is 25.7 Å². The van der Waals surface area contributed by atoms with Gasteiger partial charge in [-0.1, -0.05) is 11.1 Å². The lowest BCUT2D eigenvalue weighted by atomic mass is 10.1. The van der Waals surface area contributed by atoms with Crippen LogP contribution in [-0.4, -0.2) is 0 Å². The van der Waals surface area contributed by atoms with Crippen molar-refractivity contribution in [2.24, 2.45) is 0 Å². The fraction of sp³-hybridized carbons (Fsp3) is 0.750. The van der Waals surface area contributed by atoms with E-state index in [-0.39, 0.29) is 0 Å². The smallest absolute Gasteiger partial charge is 0.0318 e. The van der Waals surface area contributed by atoms with E-state index in [0.29, 0.717) is 0 Å². The van der Waals surface area contributed by atoms with Crippen LogP contribution in [0.25, 0.3) is 0 Å². The molecular weight excluding hydrogens is 96.1 g/mol. The lowest BCUT2D eigenvalue weighted by Gasteiger charge is -1.95. The summed E-state index contributed by atoms with van der Waals surface area (Å²) in [5.41, 5.74) is 3.27. The van der Waals surface area contributed by atoms with Gasteiger partial charge < -0.3 is 0 Å². The topological polar surface area (TPSA) is 0 Å². The standard InChI is InChI=1S/C8H14/c1-7(2)8-5-3-4-6-8/h3-6H2,1-2H3. The van der Waals surface area contributed by atoms with E-state index in [1.807, 2.05) is 0 Å². The average molecular weight is 110 g/mol. The van der Waals surface area contributed by atoms with Gasteiger partial charge in [0, 0.05) is 0 Å². The molecule has 0 N–H and O–H groups in total. The van der Waals surface area contributed by atoms with E-state index in [1.54, 1.807) is 11.1 Å². The summed E-state index contributed by atoms with van der Waals surface area (Å²) in [5.74, 6) is 0. The van der Waals surface area contributed by atoms with E-state index < -0.39 is 0 Å². The number of allylic oxidation sites excluding steroid dienone is 2. The van der Waals surface area contributed by atoms with Crippen molar-refractivity contribution in [1.29, 1.82) is 0 Å². The molecule has 0 unspecified atom stereocenters. The monoisotopic (exact) mass is 110 g/mol. The maximum atomic E-state index is 2.22. The summed E-state index contributed by atoms with van der Waals surface area (Å²) in [7, 11) is 0. The molecule has 0 aromatic carbocycles. The van der Waals surface area contributed by atoms with Crippen molar-refractivity contribution < 1.29 is 0 Å². The predicted molar refractivity (Wildman–Crippen MR) is 36.8 cm³/mol. The fourth-order valence-corrected chi connectivity index (χ4v) is 1.30. The number of hydrogen-bond donors (Lipinski definition) is 0. The Bertz CT molecular complexity index is 97.2. The summed E-state index contributed by atoms with van der Waals surface area (Å²) >= 11 is 0. The molecule has 0 spiro atoms. The molecule has 1 aliphatic carbocycles. The molecule has 1 rings (SSSR count). The van der Waals surface area contributed by atoms with Gasteiger partial charge in [-0.2, -0.15) is 0 Å². The fourth-order valence-electron chi connectivity index (χ4n) is 1.30. The first-order valence-electron chi connectivity index (χ1n) is 3.46. The minimum atomic E-state index is 1.38. The number of hydrogen-bond acceptors (Lipinski definition) is 0. The first-order valence-corrected chi connectivity index (χ1v) is 3.46. The Kier molecular flexibility index (Phi) is 1.72. The quantitative estimate of drug-likeness (QED) is 0.420. The van der Waals surface area contributed by atoms with E-state index in [2.05, 4.69) is 13.8 Å². The molecule has 0 atom stereocenters. The second kappa shape index (κ2) is 2.34. The Morgan fingerprint density at radius 3 is 1.88 bits per heavy atom. The van der Waals surface area contributed by atoms with Gasteiger partial charge in [0.2, 0.25) is 0 Å². The molecule has 0 radical (unpaired) electrons. The molecule has 0 saturated heterocycles. The zero-order valence-electron chi connectivity index (χ0n) is 5.83. The Hall–Kier alpha value is -0.260. The summed E-state index contributed by atoms with van der Waals surface area (Å²) in [6.45, 7) is 4.45. The third-order valence-electron chi connectivity index (χ3n) is 1.91. The highest BCUT2D eigenvalue weighted by Gasteiger charge is 2.06. The Morgan fingerprint density at radius 2 is 1.62 bits per heavy atom. The summed E-state index contributed by atoms with van der Waals surface area (Å²) in [6, 6.07) is 0. The molecule has 0 aromatic rings. The van der Waals surface area contributed by atoms with Crippen LogP contribution in [0.5, 0.6) is 0 Å². The van der Waals surface area contributed by atoms with Crippen molar-refractivity contribution in [1.82, 2.24) is 0 Å².